The average molecular weight is 279 g/mol. The summed E-state index contributed by atoms with van der Waals surface area (Å²) in [4.78, 5) is 11.8. The lowest BCUT2D eigenvalue weighted by atomic mass is 10.1. The van der Waals surface area contributed by atoms with E-state index in [1.54, 1.807) is 0 Å². The maximum atomic E-state index is 11.8. The van der Waals surface area contributed by atoms with Gasteiger partial charge in [-0.15, -0.1) is 0 Å². The lowest BCUT2D eigenvalue weighted by Crippen LogP contribution is -2.41. The van der Waals surface area contributed by atoms with Gasteiger partial charge in [0.25, 0.3) is 0 Å². The van der Waals surface area contributed by atoms with Gasteiger partial charge in [-0.1, -0.05) is 12.1 Å². The minimum atomic E-state index is -0.263. The van der Waals surface area contributed by atoms with E-state index in [9.17, 15) is 4.79 Å². The van der Waals surface area contributed by atoms with Gasteiger partial charge in [0.15, 0.2) is 0 Å². The second-order valence-corrected chi connectivity index (χ2v) is 4.82. The summed E-state index contributed by atoms with van der Waals surface area (Å²) in [5, 5.41) is 5.54. The average Bonchev–Trinajstić information content (AvgIpc) is 2.46. The van der Waals surface area contributed by atoms with Crippen LogP contribution < -0.4 is 16.4 Å². The summed E-state index contributed by atoms with van der Waals surface area (Å²) in [6.45, 7) is 4.04. The van der Waals surface area contributed by atoms with Crippen molar-refractivity contribution in [3.8, 4) is 0 Å². The van der Waals surface area contributed by atoms with Crippen LogP contribution >= 0.6 is 0 Å². The first-order valence-electron chi connectivity index (χ1n) is 6.75. The Morgan fingerprint density at radius 2 is 2.35 bits per heavy atom. The summed E-state index contributed by atoms with van der Waals surface area (Å²) in [7, 11) is 0. The fourth-order valence-corrected chi connectivity index (χ4v) is 1.94. The molecule has 0 aliphatic carbocycles. The van der Waals surface area contributed by atoms with Crippen LogP contribution in [0.4, 0.5) is 10.5 Å². The number of ether oxygens (including phenoxy) is 2. The van der Waals surface area contributed by atoms with E-state index in [1.165, 1.54) is 0 Å². The smallest absolute Gasteiger partial charge is 0.319 e. The highest BCUT2D eigenvalue weighted by Crippen LogP contribution is 2.15. The van der Waals surface area contributed by atoms with Crippen molar-refractivity contribution < 1.29 is 14.3 Å². The molecule has 2 atom stereocenters. The number of anilines is 1. The molecule has 4 N–H and O–H groups in total. The van der Waals surface area contributed by atoms with Crippen molar-refractivity contribution in [1.29, 1.82) is 0 Å². The molecule has 1 aromatic carbocycles. The van der Waals surface area contributed by atoms with Gasteiger partial charge in [0, 0.05) is 18.3 Å². The lowest BCUT2D eigenvalue weighted by Gasteiger charge is -2.23. The number of hydrogen-bond acceptors (Lipinski definition) is 4. The van der Waals surface area contributed by atoms with Crippen molar-refractivity contribution in [3.63, 3.8) is 0 Å². The van der Waals surface area contributed by atoms with E-state index >= 15 is 0 Å². The molecule has 1 saturated heterocycles. The topological polar surface area (TPSA) is 85.6 Å². The SMILES string of the molecule is CC(N)c1cccc(NC(=O)NCC2COCCO2)c1. The fourth-order valence-electron chi connectivity index (χ4n) is 1.94. The zero-order valence-electron chi connectivity index (χ0n) is 11.6. The number of nitrogens with one attached hydrogen (secondary N) is 2. The van der Waals surface area contributed by atoms with Crippen LogP contribution in [-0.4, -0.2) is 38.5 Å². The number of nitrogens with two attached hydrogens (primary N) is 1. The van der Waals surface area contributed by atoms with Crippen LogP contribution in [0.15, 0.2) is 24.3 Å². The third-order valence-corrected chi connectivity index (χ3v) is 3.05. The van der Waals surface area contributed by atoms with Crippen molar-refractivity contribution in [2.45, 2.75) is 19.1 Å². The van der Waals surface area contributed by atoms with Crippen molar-refractivity contribution in [3.05, 3.63) is 29.8 Å². The maximum absolute atomic E-state index is 11.8. The van der Waals surface area contributed by atoms with Crippen LogP contribution in [0, 0.1) is 0 Å². The van der Waals surface area contributed by atoms with Crippen molar-refractivity contribution >= 4 is 11.7 Å². The van der Waals surface area contributed by atoms with Crippen molar-refractivity contribution in [2.24, 2.45) is 5.73 Å². The van der Waals surface area contributed by atoms with Crippen LogP contribution in [0.5, 0.6) is 0 Å². The van der Waals surface area contributed by atoms with Crippen molar-refractivity contribution in [1.82, 2.24) is 5.32 Å². The molecule has 6 nitrogen and oxygen atoms in total. The molecule has 6 heteroatoms. The number of carbonyl (C=O) groups excluding carboxylic acids is 1. The number of carbonyl (C=O) groups is 1. The van der Waals surface area contributed by atoms with Gasteiger partial charge in [0.2, 0.25) is 0 Å². The van der Waals surface area contributed by atoms with Crippen LogP contribution in [0.2, 0.25) is 0 Å². The van der Waals surface area contributed by atoms with Gasteiger partial charge in [-0.3, -0.25) is 0 Å². The van der Waals surface area contributed by atoms with Gasteiger partial charge in [0.1, 0.15) is 0 Å². The molecular formula is C14H21N3O3. The van der Waals surface area contributed by atoms with E-state index in [4.69, 9.17) is 15.2 Å². The Balaban J connectivity index is 1.80. The van der Waals surface area contributed by atoms with Gasteiger partial charge in [-0.05, 0) is 24.6 Å². The molecule has 0 saturated carbocycles. The first kappa shape index (κ1) is 14.8. The van der Waals surface area contributed by atoms with Gasteiger partial charge >= 0.3 is 6.03 Å². The number of amides is 2. The zero-order valence-corrected chi connectivity index (χ0v) is 11.6. The number of benzene rings is 1. The molecule has 1 fully saturated rings. The van der Waals surface area contributed by atoms with Gasteiger partial charge in [-0.2, -0.15) is 0 Å². The Morgan fingerprint density at radius 3 is 3.05 bits per heavy atom. The van der Waals surface area contributed by atoms with Crippen molar-refractivity contribution in [2.75, 3.05) is 31.7 Å². The van der Waals surface area contributed by atoms with Crippen LogP contribution in [0.25, 0.3) is 0 Å². The monoisotopic (exact) mass is 279 g/mol. The number of urea groups is 1. The summed E-state index contributed by atoms with van der Waals surface area (Å²) in [6.07, 6.45) is -0.0788. The minimum Gasteiger partial charge on any atom is -0.376 e. The molecule has 2 unspecified atom stereocenters. The molecule has 2 rings (SSSR count). The molecule has 110 valence electrons. The Morgan fingerprint density at radius 1 is 1.50 bits per heavy atom. The third-order valence-electron chi connectivity index (χ3n) is 3.05. The van der Waals surface area contributed by atoms with Crippen LogP contribution in [0.3, 0.4) is 0 Å². The van der Waals surface area contributed by atoms with E-state index in [-0.39, 0.29) is 18.2 Å². The molecule has 0 radical (unpaired) electrons. The molecule has 0 spiro atoms. The fraction of sp³-hybridized carbons (Fsp3) is 0.500. The highest BCUT2D eigenvalue weighted by Gasteiger charge is 2.15. The molecule has 1 aliphatic heterocycles. The molecule has 20 heavy (non-hydrogen) atoms. The summed E-state index contributed by atoms with van der Waals surface area (Å²) in [5.74, 6) is 0. The predicted octanol–water partition coefficient (Wildman–Crippen LogP) is 1.24. The van der Waals surface area contributed by atoms with Crippen LogP contribution in [0.1, 0.15) is 18.5 Å². The summed E-state index contributed by atoms with van der Waals surface area (Å²) < 4.78 is 10.7. The highest BCUT2D eigenvalue weighted by atomic mass is 16.6. The van der Waals surface area contributed by atoms with E-state index < -0.39 is 0 Å². The second kappa shape index (κ2) is 7.23. The Bertz CT molecular complexity index is 445. The second-order valence-electron chi connectivity index (χ2n) is 4.82. The number of rotatable bonds is 4. The molecule has 1 aromatic rings. The standard InChI is InChI=1S/C14H21N3O3/c1-10(15)11-3-2-4-12(7-11)17-14(18)16-8-13-9-19-5-6-20-13/h2-4,7,10,13H,5-6,8-9,15H2,1H3,(H2,16,17,18). The Labute approximate surface area is 118 Å². The largest absolute Gasteiger partial charge is 0.376 e. The van der Waals surface area contributed by atoms with Gasteiger partial charge < -0.3 is 25.8 Å². The first-order valence-corrected chi connectivity index (χ1v) is 6.75. The molecule has 0 aromatic heterocycles. The third kappa shape index (κ3) is 4.48. The molecule has 0 bridgehead atoms. The quantitative estimate of drug-likeness (QED) is 0.774. The predicted molar refractivity (Wildman–Crippen MR) is 76.6 cm³/mol. The zero-order chi connectivity index (χ0) is 14.4. The van der Waals surface area contributed by atoms with E-state index in [1.807, 2.05) is 31.2 Å². The molecule has 1 aliphatic rings. The number of hydrogen-bond donors (Lipinski definition) is 3. The molecular weight excluding hydrogens is 258 g/mol. The maximum Gasteiger partial charge on any atom is 0.319 e. The molecule has 2 amide bonds. The minimum absolute atomic E-state index is 0.0624. The van der Waals surface area contributed by atoms with Gasteiger partial charge in [-0.25, -0.2) is 4.79 Å². The molecule has 1 heterocycles. The Hall–Kier alpha value is -1.63. The summed E-state index contributed by atoms with van der Waals surface area (Å²) >= 11 is 0. The van der Waals surface area contributed by atoms with Gasteiger partial charge in [0.05, 0.1) is 25.9 Å². The normalized spacial score (nSPS) is 20.2. The first-order chi connectivity index (χ1) is 9.65. The summed E-state index contributed by atoms with van der Waals surface area (Å²) in [5.41, 5.74) is 7.51. The van der Waals surface area contributed by atoms with E-state index in [2.05, 4.69) is 10.6 Å². The summed E-state index contributed by atoms with van der Waals surface area (Å²) in [6, 6.07) is 7.16. The van der Waals surface area contributed by atoms with E-state index in [0.717, 1.165) is 11.3 Å². The lowest BCUT2D eigenvalue weighted by molar-refractivity contribution is -0.0852. The van der Waals surface area contributed by atoms with E-state index in [0.29, 0.717) is 26.4 Å². The highest BCUT2D eigenvalue weighted by molar-refractivity contribution is 5.89. The van der Waals surface area contributed by atoms with Crippen LogP contribution in [-0.2, 0) is 9.47 Å². The Kier molecular flexibility index (Phi) is 5.34.